The Labute approximate surface area is 133 Å². The zero-order valence-electron chi connectivity index (χ0n) is 10.7. The Morgan fingerprint density at radius 1 is 1.26 bits per heavy atom. The van der Waals surface area contributed by atoms with Crippen molar-refractivity contribution in [2.75, 3.05) is 5.75 Å². The van der Waals surface area contributed by atoms with Crippen molar-refractivity contribution in [2.24, 2.45) is 0 Å². The Balaban J connectivity index is 0. The van der Waals surface area contributed by atoms with E-state index in [4.69, 9.17) is 9.66 Å². The number of amides is 1. The number of rotatable bonds is 3. The van der Waals surface area contributed by atoms with Crippen LogP contribution in [0.1, 0.15) is 32.1 Å². The van der Waals surface area contributed by atoms with E-state index in [2.05, 4.69) is 5.32 Å². The van der Waals surface area contributed by atoms with Gasteiger partial charge in [0.25, 0.3) is 16.5 Å². The monoisotopic (exact) mass is 312 g/mol. The van der Waals surface area contributed by atoms with Gasteiger partial charge < -0.3 is 10.4 Å². The first-order valence-electron chi connectivity index (χ1n) is 5.43. The van der Waals surface area contributed by atoms with Gasteiger partial charge in [-0.1, -0.05) is 19.3 Å². The third kappa shape index (κ3) is 16.0. The van der Waals surface area contributed by atoms with Crippen molar-refractivity contribution in [3.8, 4) is 0 Å². The molecule has 0 aromatic heterocycles. The molecule has 19 heavy (non-hydrogen) atoms. The van der Waals surface area contributed by atoms with E-state index >= 15 is 0 Å². The number of hydrogen-bond donors (Lipinski definition) is 3. The molecule has 1 radical (unpaired) electrons. The van der Waals surface area contributed by atoms with Gasteiger partial charge in [-0.15, -0.1) is 0 Å². The van der Waals surface area contributed by atoms with Crippen molar-refractivity contribution in [1.29, 1.82) is 0 Å². The summed E-state index contributed by atoms with van der Waals surface area (Å²) in [5, 5.41) is 10.9. The normalized spacial score (nSPS) is 16.0. The van der Waals surface area contributed by atoms with Gasteiger partial charge in [0.2, 0.25) is 0 Å². The molecule has 1 amide bonds. The molecule has 0 heterocycles. The van der Waals surface area contributed by atoms with Crippen LogP contribution in [-0.4, -0.2) is 71.9 Å². The first-order valence-corrected chi connectivity index (χ1v) is 7.04. The second-order valence-electron chi connectivity index (χ2n) is 3.92. The van der Waals surface area contributed by atoms with Crippen LogP contribution in [0.2, 0.25) is 0 Å². The van der Waals surface area contributed by atoms with E-state index in [0.717, 1.165) is 12.8 Å². The Kier molecular flexibility index (Phi) is 12.1. The maximum absolute atomic E-state index is 11.0. The van der Waals surface area contributed by atoms with Crippen molar-refractivity contribution >= 4 is 45.8 Å². The molecule has 6 nitrogen and oxygen atoms in total. The molecule has 0 unspecified atom stereocenters. The number of carbonyl (C=O) groups is 1. The summed E-state index contributed by atoms with van der Waals surface area (Å²) in [5.74, 6) is -1.48. The molecule has 1 fully saturated rings. The number of alkyl halides is 2. The molecule has 109 valence electrons. The van der Waals surface area contributed by atoms with Gasteiger partial charge in [-0.25, -0.2) is 13.6 Å². The first-order chi connectivity index (χ1) is 8.20. The fourth-order valence-electron chi connectivity index (χ4n) is 1.58. The molecule has 0 atom stereocenters. The minimum absolute atomic E-state index is 0. The summed E-state index contributed by atoms with van der Waals surface area (Å²) < 4.78 is 48.7. The quantitative estimate of drug-likeness (QED) is 0.539. The van der Waals surface area contributed by atoms with E-state index in [1.165, 1.54) is 19.3 Å². The molecule has 0 spiro atoms. The number of nitrogens with one attached hydrogen (secondary N) is 1. The van der Waals surface area contributed by atoms with Crippen LogP contribution in [0.15, 0.2) is 0 Å². The smallest absolute Gasteiger partial charge is 0.404 e. The summed E-state index contributed by atoms with van der Waals surface area (Å²) in [4.78, 5) is 10.2. The van der Waals surface area contributed by atoms with Crippen molar-refractivity contribution in [3.05, 3.63) is 0 Å². The fraction of sp³-hybridized carbons (Fsp3) is 0.889. The molecule has 0 saturated heterocycles. The molecule has 0 aromatic carbocycles. The predicted molar refractivity (Wildman–Crippen MR) is 66.2 cm³/mol. The second-order valence-corrected chi connectivity index (χ2v) is 5.42. The van der Waals surface area contributed by atoms with Gasteiger partial charge in [0.15, 0.2) is 0 Å². The third-order valence-electron chi connectivity index (χ3n) is 2.27. The molecular formula is C9H17F2NNaO5S. The van der Waals surface area contributed by atoms with Crippen LogP contribution in [-0.2, 0) is 10.1 Å². The number of hydrogen-bond acceptors (Lipinski definition) is 3. The van der Waals surface area contributed by atoms with Crippen LogP contribution in [0.5, 0.6) is 0 Å². The van der Waals surface area contributed by atoms with Gasteiger partial charge >= 0.3 is 6.09 Å². The average Bonchev–Trinajstić information content (AvgIpc) is 2.14. The van der Waals surface area contributed by atoms with Gasteiger partial charge in [0, 0.05) is 35.6 Å². The summed E-state index contributed by atoms with van der Waals surface area (Å²) in [6, 6.07) is 0.228. The van der Waals surface area contributed by atoms with Gasteiger partial charge in [-0.3, -0.25) is 4.55 Å². The Hall–Kier alpha value is 0.0400. The Bertz CT molecular complexity index is 347. The minimum atomic E-state index is -4.47. The van der Waals surface area contributed by atoms with Gasteiger partial charge in [-0.05, 0) is 12.8 Å². The summed E-state index contributed by atoms with van der Waals surface area (Å²) >= 11 is 0. The fourth-order valence-corrected chi connectivity index (χ4v) is 1.90. The second kappa shape index (κ2) is 10.8. The number of halogens is 2. The third-order valence-corrected chi connectivity index (χ3v) is 2.94. The van der Waals surface area contributed by atoms with Crippen LogP contribution < -0.4 is 5.32 Å². The Morgan fingerprint density at radius 2 is 1.74 bits per heavy atom. The maximum atomic E-state index is 11.0. The van der Waals surface area contributed by atoms with Crippen molar-refractivity contribution in [3.63, 3.8) is 0 Å². The Morgan fingerprint density at radius 3 is 2.00 bits per heavy atom. The van der Waals surface area contributed by atoms with Crippen molar-refractivity contribution < 1.29 is 31.7 Å². The predicted octanol–water partition coefficient (Wildman–Crippen LogP) is 1.35. The van der Waals surface area contributed by atoms with Crippen LogP contribution in [0.25, 0.3) is 0 Å². The molecule has 1 saturated carbocycles. The maximum Gasteiger partial charge on any atom is 0.404 e. The molecule has 0 aliphatic heterocycles. The van der Waals surface area contributed by atoms with Gasteiger partial charge in [0.1, 0.15) is 5.75 Å². The number of carboxylic acid groups (broad SMARTS) is 1. The molecule has 0 aromatic rings. The van der Waals surface area contributed by atoms with Crippen molar-refractivity contribution in [1.82, 2.24) is 5.32 Å². The van der Waals surface area contributed by atoms with Crippen LogP contribution in [0.3, 0.4) is 0 Å². The summed E-state index contributed by atoms with van der Waals surface area (Å²) in [7, 11) is -4.47. The standard InChI is InChI=1S/C7H13NO2.C2H4F2O3S.Na/c9-7(10)8-6-4-2-1-3-5-6;3-2(4)1-8(5,6)7;/h6,8H,1-5H2,(H,9,10);2H,1H2,(H,5,6,7);. The molecular weight excluding hydrogens is 295 g/mol. The largest absolute Gasteiger partial charge is 0.465 e. The van der Waals surface area contributed by atoms with E-state index in [0.29, 0.717) is 0 Å². The molecule has 1 rings (SSSR count). The van der Waals surface area contributed by atoms with E-state index in [9.17, 15) is 22.0 Å². The molecule has 10 heteroatoms. The van der Waals surface area contributed by atoms with Crippen LogP contribution in [0, 0.1) is 0 Å². The molecule has 1 aliphatic rings. The summed E-state index contributed by atoms with van der Waals surface area (Å²) in [6.07, 6.45) is 1.77. The van der Waals surface area contributed by atoms with E-state index < -0.39 is 28.4 Å². The van der Waals surface area contributed by atoms with E-state index in [1.54, 1.807) is 0 Å². The molecule has 1 aliphatic carbocycles. The minimum Gasteiger partial charge on any atom is -0.465 e. The van der Waals surface area contributed by atoms with Gasteiger partial charge in [-0.2, -0.15) is 8.42 Å². The summed E-state index contributed by atoms with van der Waals surface area (Å²) in [6.45, 7) is 0. The van der Waals surface area contributed by atoms with Crippen molar-refractivity contribution in [2.45, 2.75) is 44.6 Å². The zero-order chi connectivity index (χ0) is 14.2. The van der Waals surface area contributed by atoms with Crippen LogP contribution >= 0.6 is 0 Å². The van der Waals surface area contributed by atoms with Crippen LogP contribution in [0.4, 0.5) is 13.6 Å². The summed E-state index contributed by atoms with van der Waals surface area (Å²) in [5.41, 5.74) is 0. The SMILES string of the molecule is O=C(O)NC1CCCCC1.O=S(=O)(O)CC(F)F.[Na]. The molecule has 3 N–H and O–H groups in total. The average molecular weight is 312 g/mol. The van der Waals surface area contributed by atoms with E-state index in [-0.39, 0.29) is 35.6 Å². The van der Waals surface area contributed by atoms with E-state index in [1.807, 2.05) is 0 Å². The zero-order valence-corrected chi connectivity index (χ0v) is 13.5. The first kappa shape index (κ1) is 21.3. The molecule has 0 bridgehead atoms. The topological polar surface area (TPSA) is 104 Å². The van der Waals surface area contributed by atoms with Gasteiger partial charge in [0.05, 0.1) is 0 Å².